The normalized spacial score (nSPS) is 14.3. The van der Waals surface area contributed by atoms with E-state index in [1.54, 1.807) is 7.11 Å². The Balaban J connectivity index is 1.79. The molecule has 1 amide bonds. The number of methoxy groups -OCH3 is 1. The van der Waals surface area contributed by atoms with Gasteiger partial charge in [0.05, 0.1) is 7.11 Å². The zero-order valence-electron chi connectivity index (χ0n) is 18.8. The fourth-order valence-electron chi connectivity index (χ4n) is 4.19. The molecule has 1 N–H and O–H groups in total. The Morgan fingerprint density at radius 3 is 2.06 bits per heavy atom. The van der Waals surface area contributed by atoms with Gasteiger partial charge in [-0.2, -0.15) is 0 Å². The molecule has 0 spiro atoms. The Bertz CT molecular complexity index is 1130. The van der Waals surface area contributed by atoms with E-state index in [2.05, 4.69) is 69.4 Å². The average Bonchev–Trinajstić information content (AvgIpc) is 3.07. The minimum Gasteiger partial charge on any atom is -0.496 e. The molecule has 0 atom stereocenters. The highest BCUT2D eigenvalue weighted by atomic mass is 16.5. The average molecular weight is 412 g/mol. The second kappa shape index (κ2) is 8.43. The van der Waals surface area contributed by atoms with Crippen molar-refractivity contribution < 1.29 is 9.53 Å². The second-order valence-electron chi connectivity index (χ2n) is 8.68. The number of rotatable bonds is 5. The SMILES string of the molecule is COc1c(C(C)C)cc(/C=C2\C(=O)Nc3cc(-c4ccccc4)ccc32)cc1C(C)C. The van der Waals surface area contributed by atoms with E-state index in [4.69, 9.17) is 4.74 Å². The van der Waals surface area contributed by atoms with Crippen LogP contribution in [-0.2, 0) is 4.79 Å². The molecule has 4 rings (SSSR count). The van der Waals surface area contributed by atoms with Crippen LogP contribution in [-0.4, -0.2) is 13.0 Å². The number of carbonyl (C=O) groups excluding carboxylic acids is 1. The summed E-state index contributed by atoms with van der Waals surface area (Å²) in [6.07, 6.45) is 2.00. The van der Waals surface area contributed by atoms with Gasteiger partial charge in [-0.1, -0.05) is 70.2 Å². The van der Waals surface area contributed by atoms with Crippen molar-refractivity contribution in [1.29, 1.82) is 0 Å². The first-order valence-corrected chi connectivity index (χ1v) is 10.8. The molecule has 3 heteroatoms. The Morgan fingerprint density at radius 2 is 1.48 bits per heavy atom. The van der Waals surface area contributed by atoms with Crippen molar-refractivity contribution >= 4 is 23.2 Å². The largest absolute Gasteiger partial charge is 0.496 e. The van der Waals surface area contributed by atoms with E-state index >= 15 is 0 Å². The third-order valence-electron chi connectivity index (χ3n) is 5.84. The topological polar surface area (TPSA) is 38.3 Å². The first-order valence-electron chi connectivity index (χ1n) is 10.8. The van der Waals surface area contributed by atoms with Gasteiger partial charge in [-0.3, -0.25) is 4.79 Å². The standard InChI is InChI=1S/C28H29NO2/c1-17(2)23-13-19(14-24(18(3)4)27(23)31-5)15-25-22-12-11-21(16-26(22)29-28(25)30)20-9-7-6-8-10-20/h6-18H,1-5H3,(H,29,30)/b25-15-. The molecule has 3 nitrogen and oxygen atoms in total. The summed E-state index contributed by atoms with van der Waals surface area (Å²) < 4.78 is 5.76. The molecule has 0 radical (unpaired) electrons. The monoisotopic (exact) mass is 411 g/mol. The lowest BCUT2D eigenvalue weighted by molar-refractivity contribution is -0.110. The molecule has 31 heavy (non-hydrogen) atoms. The van der Waals surface area contributed by atoms with Gasteiger partial charge in [-0.15, -0.1) is 0 Å². The molecule has 3 aromatic carbocycles. The lowest BCUT2D eigenvalue weighted by Crippen LogP contribution is -2.04. The first kappa shape index (κ1) is 20.9. The maximum absolute atomic E-state index is 12.8. The van der Waals surface area contributed by atoms with Crippen LogP contribution in [0.3, 0.4) is 0 Å². The fraction of sp³-hybridized carbons (Fsp3) is 0.250. The maximum atomic E-state index is 12.8. The number of hydrogen-bond acceptors (Lipinski definition) is 2. The van der Waals surface area contributed by atoms with E-state index in [0.29, 0.717) is 17.4 Å². The van der Waals surface area contributed by atoms with Crippen molar-refractivity contribution in [3.05, 3.63) is 82.9 Å². The van der Waals surface area contributed by atoms with Crippen molar-refractivity contribution in [2.45, 2.75) is 39.5 Å². The van der Waals surface area contributed by atoms with Crippen LogP contribution in [0.4, 0.5) is 5.69 Å². The summed E-state index contributed by atoms with van der Waals surface area (Å²) in [6, 6.07) is 20.7. The molecule has 0 aromatic heterocycles. The molecule has 1 heterocycles. The number of benzene rings is 3. The van der Waals surface area contributed by atoms with Gasteiger partial charge >= 0.3 is 0 Å². The Morgan fingerprint density at radius 1 is 0.839 bits per heavy atom. The van der Waals surface area contributed by atoms with Crippen LogP contribution in [0.15, 0.2) is 60.7 Å². The highest BCUT2D eigenvalue weighted by molar-refractivity contribution is 6.35. The van der Waals surface area contributed by atoms with Crippen molar-refractivity contribution in [2.75, 3.05) is 12.4 Å². The molecular weight excluding hydrogens is 382 g/mol. The number of carbonyl (C=O) groups is 1. The Labute approximate surface area is 184 Å². The molecule has 3 aromatic rings. The maximum Gasteiger partial charge on any atom is 0.256 e. The van der Waals surface area contributed by atoms with Gasteiger partial charge in [0, 0.05) is 16.8 Å². The van der Waals surface area contributed by atoms with Crippen molar-refractivity contribution in [3.8, 4) is 16.9 Å². The van der Waals surface area contributed by atoms with E-state index in [1.807, 2.05) is 30.3 Å². The van der Waals surface area contributed by atoms with Gasteiger partial charge in [0.15, 0.2) is 0 Å². The summed E-state index contributed by atoms with van der Waals surface area (Å²) in [5.74, 6) is 1.54. The molecular formula is C28H29NO2. The lowest BCUT2D eigenvalue weighted by atomic mass is 9.90. The predicted octanol–water partition coefficient (Wildman–Crippen LogP) is 7.10. The van der Waals surface area contributed by atoms with Gasteiger partial charge in [0.25, 0.3) is 5.91 Å². The molecule has 0 saturated heterocycles. The molecule has 1 aliphatic rings. The van der Waals surface area contributed by atoms with Crippen LogP contribution in [0.5, 0.6) is 5.75 Å². The Kier molecular flexibility index (Phi) is 5.69. The zero-order valence-corrected chi connectivity index (χ0v) is 18.8. The lowest BCUT2D eigenvalue weighted by Gasteiger charge is -2.19. The minimum atomic E-state index is -0.0618. The summed E-state index contributed by atoms with van der Waals surface area (Å²) in [7, 11) is 1.73. The number of ether oxygens (including phenoxy) is 1. The van der Waals surface area contributed by atoms with Crippen molar-refractivity contribution in [1.82, 2.24) is 0 Å². The minimum absolute atomic E-state index is 0.0618. The molecule has 1 aliphatic heterocycles. The number of hydrogen-bond donors (Lipinski definition) is 1. The summed E-state index contributed by atoms with van der Waals surface area (Å²) in [5, 5.41) is 3.04. The highest BCUT2D eigenvalue weighted by Crippen LogP contribution is 2.39. The summed E-state index contributed by atoms with van der Waals surface area (Å²) in [6.45, 7) is 8.67. The van der Waals surface area contributed by atoms with Crippen molar-refractivity contribution in [3.63, 3.8) is 0 Å². The van der Waals surface area contributed by atoms with E-state index in [9.17, 15) is 4.79 Å². The zero-order chi connectivity index (χ0) is 22.1. The second-order valence-corrected chi connectivity index (χ2v) is 8.68. The first-order chi connectivity index (χ1) is 14.9. The molecule has 0 unspecified atom stereocenters. The molecule has 0 bridgehead atoms. The molecule has 0 aliphatic carbocycles. The molecule has 0 saturated carbocycles. The van der Waals surface area contributed by atoms with E-state index in [0.717, 1.165) is 33.7 Å². The number of nitrogens with one attached hydrogen (secondary N) is 1. The van der Waals surface area contributed by atoms with Crippen LogP contribution in [0.1, 0.15) is 61.8 Å². The smallest absolute Gasteiger partial charge is 0.256 e. The van der Waals surface area contributed by atoms with E-state index in [1.165, 1.54) is 11.1 Å². The van der Waals surface area contributed by atoms with Crippen molar-refractivity contribution in [2.24, 2.45) is 0 Å². The quantitative estimate of drug-likeness (QED) is 0.455. The van der Waals surface area contributed by atoms with Gasteiger partial charge in [-0.25, -0.2) is 0 Å². The third kappa shape index (κ3) is 4.00. The summed E-state index contributed by atoms with van der Waals surface area (Å²) in [5.41, 5.74) is 8.08. The third-order valence-corrected chi connectivity index (χ3v) is 5.84. The highest BCUT2D eigenvalue weighted by Gasteiger charge is 2.25. The number of amides is 1. The van der Waals surface area contributed by atoms with E-state index < -0.39 is 0 Å². The van der Waals surface area contributed by atoms with E-state index in [-0.39, 0.29) is 5.91 Å². The molecule has 158 valence electrons. The van der Waals surface area contributed by atoms with Crippen LogP contribution in [0.25, 0.3) is 22.8 Å². The van der Waals surface area contributed by atoms with Gasteiger partial charge < -0.3 is 10.1 Å². The van der Waals surface area contributed by atoms with Gasteiger partial charge in [-0.05, 0) is 63.9 Å². The van der Waals surface area contributed by atoms with Crippen LogP contribution in [0, 0.1) is 0 Å². The predicted molar refractivity (Wildman–Crippen MR) is 130 cm³/mol. The number of anilines is 1. The summed E-state index contributed by atoms with van der Waals surface area (Å²) in [4.78, 5) is 12.8. The van der Waals surface area contributed by atoms with Gasteiger partial charge in [0.2, 0.25) is 0 Å². The molecule has 0 fully saturated rings. The number of fused-ring (bicyclic) bond motifs is 1. The van der Waals surface area contributed by atoms with Gasteiger partial charge in [0.1, 0.15) is 5.75 Å². The van der Waals surface area contributed by atoms with Crippen LogP contribution in [0.2, 0.25) is 0 Å². The van der Waals surface area contributed by atoms with Crippen LogP contribution < -0.4 is 10.1 Å². The van der Waals surface area contributed by atoms with Crippen LogP contribution >= 0.6 is 0 Å². The summed E-state index contributed by atoms with van der Waals surface area (Å²) >= 11 is 0. The Hall–Kier alpha value is -3.33. The fourth-order valence-corrected chi connectivity index (χ4v) is 4.19.